The molecule has 0 saturated heterocycles. The van der Waals surface area contributed by atoms with Crippen molar-refractivity contribution in [3.8, 4) is 0 Å². The van der Waals surface area contributed by atoms with E-state index in [-0.39, 0.29) is 11.8 Å². The zero-order chi connectivity index (χ0) is 21.0. The second kappa shape index (κ2) is 9.71. The van der Waals surface area contributed by atoms with Crippen molar-refractivity contribution in [2.45, 2.75) is 53.7 Å². The maximum Gasteiger partial charge on any atom is 0.232 e. The Balaban J connectivity index is 2.53. The maximum absolute atomic E-state index is 13.6. The Labute approximate surface area is 178 Å². The first kappa shape index (κ1) is 22.6. The highest BCUT2D eigenvalue weighted by Crippen LogP contribution is 2.39. The predicted molar refractivity (Wildman–Crippen MR) is 119 cm³/mol. The fourth-order valence-corrected chi connectivity index (χ4v) is 4.25. The van der Waals surface area contributed by atoms with Gasteiger partial charge < -0.3 is 5.11 Å². The van der Waals surface area contributed by atoms with Gasteiger partial charge in [-0.3, -0.25) is 9.69 Å². The van der Waals surface area contributed by atoms with E-state index in [9.17, 15) is 9.90 Å². The van der Waals surface area contributed by atoms with Crippen LogP contribution < -0.4 is 0 Å². The summed E-state index contributed by atoms with van der Waals surface area (Å²) in [6.07, 6.45) is 4.66. The third-order valence-corrected chi connectivity index (χ3v) is 5.72. The van der Waals surface area contributed by atoms with E-state index in [1.165, 1.54) is 0 Å². The van der Waals surface area contributed by atoms with Crippen molar-refractivity contribution < 1.29 is 9.90 Å². The maximum atomic E-state index is 13.6. The summed E-state index contributed by atoms with van der Waals surface area (Å²) in [5.74, 6) is 0.726. The normalized spacial score (nSPS) is 23.2. The number of carbonyl (C=O) groups excluding carboxylic acids is 1. The molecule has 1 aliphatic rings. The van der Waals surface area contributed by atoms with Gasteiger partial charge in [0.1, 0.15) is 0 Å². The van der Waals surface area contributed by atoms with E-state index in [0.29, 0.717) is 23.1 Å². The van der Waals surface area contributed by atoms with Gasteiger partial charge in [-0.2, -0.15) is 0 Å². The van der Waals surface area contributed by atoms with E-state index >= 15 is 0 Å². The highest BCUT2D eigenvalue weighted by atomic mass is 79.9. The largest absolute Gasteiger partial charge is 0.369 e. The lowest BCUT2D eigenvalue weighted by Gasteiger charge is -2.33. The van der Waals surface area contributed by atoms with Crippen LogP contribution in [0.25, 0.3) is 0 Å². The third-order valence-electron chi connectivity index (χ3n) is 5.19. The number of hydrogen-bond acceptors (Lipinski definition) is 2. The molecular weight excluding hydrogens is 414 g/mol. The minimum Gasteiger partial charge on any atom is -0.369 e. The number of nitrogens with zero attached hydrogens (tertiary/aromatic N) is 1. The smallest absolute Gasteiger partial charge is 0.232 e. The number of carbonyl (C=O) groups is 1. The lowest BCUT2D eigenvalue weighted by molar-refractivity contribution is -0.143. The molecule has 1 fully saturated rings. The second-order valence-electron chi connectivity index (χ2n) is 8.43. The summed E-state index contributed by atoms with van der Waals surface area (Å²) >= 11 is 3.43. The Morgan fingerprint density at radius 2 is 1.79 bits per heavy atom. The molecule has 0 aromatic heterocycles. The molecule has 1 saturated carbocycles. The van der Waals surface area contributed by atoms with Gasteiger partial charge >= 0.3 is 0 Å². The van der Waals surface area contributed by atoms with Crippen LogP contribution in [0.5, 0.6) is 0 Å². The minimum atomic E-state index is -1.05. The molecule has 0 bridgehead atoms. The van der Waals surface area contributed by atoms with E-state index in [1.807, 2.05) is 57.2 Å². The SMILES string of the molecule is C=C(C)/C=C(\C=C(C)C)N(C(=O)C1CC(C)CC1C)C(O)c1ccc(Br)cc1. The fourth-order valence-electron chi connectivity index (χ4n) is 3.99. The molecular formula is C24H32BrNO2. The number of hydrogen-bond donors (Lipinski definition) is 1. The lowest BCUT2D eigenvalue weighted by Crippen LogP contribution is -2.39. The molecule has 1 aliphatic carbocycles. The van der Waals surface area contributed by atoms with Crippen LogP contribution in [-0.4, -0.2) is 15.9 Å². The van der Waals surface area contributed by atoms with E-state index < -0.39 is 6.23 Å². The van der Waals surface area contributed by atoms with Crippen LogP contribution in [0.3, 0.4) is 0 Å². The fraction of sp³-hybridized carbons (Fsp3) is 0.458. The first-order chi connectivity index (χ1) is 13.1. The Bertz CT molecular complexity index is 774. The second-order valence-corrected chi connectivity index (χ2v) is 9.35. The van der Waals surface area contributed by atoms with Gasteiger partial charge in [-0.05, 0) is 69.7 Å². The lowest BCUT2D eigenvalue weighted by atomic mass is 9.95. The van der Waals surface area contributed by atoms with Gasteiger partial charge in [-0.15, -0.1) is 0 Å². The Morgan fingerprint density at radius 3 is 2.25 bits per heavy atom. The topological polar surface area (TPSA) is 40.5 Å². The number of allylic oxidation sites excluding steroid dienone is 4. The molecule has 1 N–H and O–H groups in total. The van der Waals surface area contributed by atoms with E-state index in [4.69, 9.17) is 0 Å². The number of halogens is 1. The molecule has 0 radical (unpaired) electrons. The Kier molecular flexibility index (Phi) is 7.85. The predicted octanol–water partition coefficient (Wildman–Crippen LogP) is 6.38. The first-order valence-corrected chi connectivity index (χ1v) is 10.7. The molecule has 4 unspecified atom stereocenters. The zero-order valence-electron chi connectivity index (χ0n) is 17.6. The molecule has 0 aliphatic heterocycles. The van der Waals surface area contributed by atoms with Crippen LogP contribution in [0.4, 0.5) is 0 Å². The molecule has 0 heterocycles. The summed E-state index contributed by atoms with van der Waals surface area (Å²) in [7, 11) is 0. The van der Waals surface area contributed by atoms with Crippen molar-refractivity contribution in [1.29, 1.82) is 0 Å². The number of aliphatic hydroxyl groups is 1. The summed E-state index contributed by atoms with van der Waals surface area (Å²) in [4.78, 5) is 15.2. The van der Waals surface area contributed by atoms with Crippen LogP contribution in [-0.2, 0) is 4.79 Å². The summed E-state index contributed by atoms with van der Waals surface area (Å²) < 4.78 is 0.932. The number of rotatable bonds is 6. The van der Waals surface area contributed by atoms with Crippen molar-refractivity contribution in [1.82, 2.24) is 4.90 Å². The van der Waals surface area contributed by atoms with Crippen molar-refractivity contribution in [3.05, 3.63) is 69.9 Å². The van der Waals surface area contributed by atoms with Gasteiger partial charge in [0.05, 0.1) is 0 Å². The van der Waals surface area contributed by atoms with Gasteiger partial charge in [-0.25, -0.2) is 0 Å². The standard InChI is InChI=1S/C24H32BrNO2/c1-15(2)11-21(12-16(3)4)26(23(27)19-7-9-20(25)10-8-19)24(28)22-14-17(5)13-18(22)6/h7-12,17-18,22-23,27H,1,13-14H2,2-6H3/b21-11+. The van der Waals surface area contributed by atoms with E-state index in [0.717, 1.165) is 28.5 Å². The quantitative estimate of drug-likeness (QED) is 0.407. The van der Waals surface area contributed by atoms with Crippen molar-refractivity contribution >= 4 is 21.8 Å². The summed E-state index contributed by atoms with van der Waals surface area (Å²) in [6.45, 7) is 14.2. The van der Waals surface area contributed by atoms with Gasteiger partial charge in [0.2, 0.25) is 5.91 Å². The average molecular weight is 446 g/mol. The summed E-state index contributed by atoms with van der Waals surface area (Å²) in [6, 6.07) is 7.45. The summed E-state index contributed by atoms with van der Waals surface area (Å²) in [5, 5.41) is 11.2. The van der Waals surface area contributed by atoms with Crippen LogP contribution in [0.2, 0.25) is 0 Å². The summed E-state index contributed by atoms with van der Waals surface area (Å²) in [5.41, 5.74) is 3.26. The highest BCUT2D eigenvalue weighted by molar-refractivity contribution is 9.10. The van der Waals surface area contributed by atoms with E-state index in [2.05, 4.69) is 36.4 Å². The molecule has 3 nitrogen and oxygen atoms in total. The Morgan fingerprint density at radius 1 is 1.18 bits per heavy atom. The molecule has 4 atom stereocenters. The molecule has 28 heavy (non-hydrogen) atoms. The average Bonchev–Trinajstić information content (AvgIpc) is 2.92. The van der Waals surface area contributed by atoms with Gasteiger partial charge in [-0.1, -0.05) is 59.6 Å². The van der Waals surface area contributed by atoms with Crippen LogP contribution >= 0.6 is 15.9 Å². The van der Waals surface area contributed by atoms with Gasteiger partial charge in [0, 0.05) is 21.7 Å². The first-order valence-electron chi connectivity index (χ1n) is 9.88. The van der Waals surface area contributed by atoms with E-state index in [1.54, 1.807) is 4.90 Å². The van der Waals surface area contributed by atoms with Crippen LogP contribution in [0.15, 0.2) is 64.3 Å². The molecule has 1 aromatic rings. The number of aliphatic hydroxyl groups excluding tert-OH is 1. The molecule has 152 valence electrons. The van der Waals surface area contributed by atoms with Crippen LogP contribution in [0, 0.1) is 17.8 Å². The number of benzene rings is 1. The molecule has 1 aromatic carbocycles. The van der Waals surface area contributed by atoms with Gasteiger partial charge in [0.25, 0.3) is 0 Å². The minimum absolute atomic E-state index is 0.0164. The van der Waals surface area contributed by atoms with Crippen molar-refractivity contribution in [3.63, 3.8) is 0 Å². The monoisotopic (exact) mass is 445 g/mol. The molecule has 2 rings (SSSR count). The molecule has 0 spiro atoms. The molecule has 4 heteroatoms. The van der Waals surface area contributed by atoms with Crippen LogP contribution in [0.1, 0.15) is 59.3 Å². The third kappa shape index (κ3) is 5.68. The number of amides is 1. The van der Waals surface area contributed by atoms with Gasteiger partial charge in [0.15, 0.2) is 6.23 Å². The zero-order valence-corrected chi connectivity index (χ0v) is 19.2. The molecule has 1 amide bonds. The highest BCUT2D eigenvalue weighted by Gasteiger charge is 2.39. The van der Waals surface area contributed by atoms with Crippen molar-refractivity contribution in [2.75, 3.05) is 0 Å². The Hall–Kier alpha value is -1.65. The van der Waals surface area contributed by atoms with Crippen molar-refractivity contribution in [2.24, 2.45) is 17.8 Å².